The van der Waals surface area contributed by atoms with E-state index in [0.717, 1.165) is 12.1 Å². The number of nitrogens with zero attached hydrogens (tertiary/aromatic N) is 2. The molecule has 0 bridgehead atoms. The number of hydrogen-bond donors (Lipinski definition) is 1. The van der Waals surface area contributed by atoms with Gasteiger partial charge < -0.3 is 9.84 Å². The van der Waals surface area contributed by atoms with Gasteiger partial charge in [-0.25, -0.2) is 4.39 Å². The Labute approximate surface area is 118 Å². The van der Waals surface area contributed by atoms with Crippen molar-refractivity contribution in [2.75, 3.05) is 0 Å². The molecule has 1 atom stereocenters. The van der Waals surface area contributed by atoms with E-state index in [1.807, 2.05) is 0 Å². The van der Waals surface area contributed by atoms with Crippen molar-refractivity contribution < 1.29 is 22.1 Å². The van der Waals surface area contributed by atoms with E-state index < -0.39 is 24.5 Å². The molecule has 1 N–H and O–H groups in total. The Hall–Kier alpha value is -1.96. The molecule has 0 aliphatic carbocycles. The van der Waals surface area contributed by atoms with Crippen molar-refractivity contribution in [2.45, 2.75) is 32.1 Å². The van der Waals surface area contributed by atoms with Crippen molar-refractivity contribution in [2.24, 2.45) is 0 Å². The molecule has 21 heavy (non-hydrogen) atoms. The average molecular weight is 303 g/mol. The van der Waals surface area contributed by atoms with Crippen LogP contribution in [-0.2, 0) is 6.54 Å². The van der Waals surface area contributed by atoms with E-state index in [1.165, 1.54) is 12.1 Å². The largest absolute Gasteiger partial charge is 0.390 e. The summed E-state index contributed by atoms with van der Waals surface area (Å²) in [4.78, 5) is 3.91. The van der Waals surface area contributed by atoms with Crippen molar-refractivity contribution in [3.8, 4) is 0 Å². The van der Waals surface area contributed by atoms with Crippen LogP contribution in [0.2, 0.25) is 0 Å². The SMILES string of the molecule is Cc1noc(CN[C@@H](CC(F)(F)F)c2ccc(F)cc2)n1. The summed E-state index contributed by atoms with van der Waals surface area (Å²) in [6.45, 7) is 1.61. The van der Waals surface area contributed by atoms with Gasteiger partial charge in [-0.1, -0.05) is 17.3 Å². The quantitative estimate of drug-likeness (QED) is 0.861. The summed E-state index contributed by atoms with van der Waals surface area (Å²) in [6, 6.07) is 3.86. The molecule has 1 aromatic heterocycles. The number of benzene rings is 1. The lowest BCUT2D eigenvalue weighted by Gasteiger charge is -2.20. The van der Waals surface area contributed by atoms with Gasteiger partial charge in [-0.3, -0.25) is 0 Å². The van der Waals surface area contributed by atoms with Gasteiger partial charge in [0.15, 0.2) is 5.82 Å². The summed E-state index contributed by atoms with van der Waals surface area (Å²) in [5, 5.41) is 6.26. The van der Waals surface area contributed by atoms with Crippen LogP contribution in [0.3, 0.4) is 0 Å². The first kappa shape index (κ1) is 15.4. The first-order valence-electron chi connectivity index (χ1n) is 6.18. The maximum atomic E-state index is 12.9. The van der Waals surface area contributed by atoms with Crippen LogP contribution in [0, 0.1) is 12.7 Å². The topological polar surface area (TPSA) is 51.0 Å². The van der Waals surface area contributed by atoms with Gasteiger partial charge in [-0.05, 0) is 24.6 Å². The fraction of sp³-hybridized carbons (Fsp3) is 0.385. The van der Waals surface area contributed by atoms with Crippen LogP contribution in [0.4, 0.5) is 17.6 Å². The van der Waals surface area contributed by atoms with E-state index in [2.05, 4.69) is 15.5 Å². The lowest BCUT2D eigenvalue weighted by Crippen LogP contribution is -2.26. The summed E-state index contributed by atoms with van der Waals surface area (Å²) in [7, 11) is 0. The summed E-state index contributed by atoms with van der Waals surface area (Å²) in [5.74, 6) is 0.0970. The first-order chi connectivity index (χ1) is 9.83. The molecule has 0 spiro atoms. The molecule has 0 radical (unpaired) electrons. The summed E-state index contributed by atoms with van der Waals surface area (Å²) < 4.78 is 55.6. The van der Waals surface area contributed by atoms with E-state index in [-0.39, 0.29) is 12.4 Å². The normalized spacial score (nSPS) is 13.4. The van der Waals surface area contributed by atoms with Gasteiger partial charge >= 0.3 is 6.18 Å². The van der Waals surface area contributed by atoms with E-state index in [4.69, 9.17) is 4.52 Å². The zero-order valence-corrected chi connectivity index (χ0v) is 11.1. The number of alkyl halides is 3. The molecule has 4 nitrogen and oxygen atoms in total. The molecule has 0 aliphatic rings. The minimum Gasteiger partial charge on any atom is -0.338 e. The Morgan fingerprint density at radius 2 is 1.90 bits per heavy atom. The smallest absolute Gasteiger partial charge is 0.338 e. The molecule has 1 heterocycles. The lowest BCUT2D eigenvalue weighted by atomic mass is 10.0. The number of aryl methyl sites for hydroxylation is 1. The van der Waals surface area contributed by atoms with Crippen LogP contribution in [0.15, 0.2) is 28.8 Å². The highest BCUT2D eigenvalue weighted by atomic mass is 19.4. The monoisotopic (exact) mass is 303 g/mol. The van der Waals surface area contributed by atoms with Crippen LogP contribution in [0.1, 0.15) is 29.7 Å². The fourth-order valence-electron chi connectivity index (χ4n) is 1.86. The van der Waals surface area contributed by atoms with E-state index in [9.17, 15) is 17.6 Å². The Balaban J connectivity index is 2.10. The number of hydrogen-bond acceptors (Lipinski definition) is 4. The standard InChI is InChI=1S/C13H13F4N3O/c1-8-19-12(21-20-8)7-18-11(6-13(15,16)17)9-2-4-10(14)5-3-9/h2-5,11,18H,6-7H2,1H3/t11-/m0/s1. The molecule has 114 valence electrons. The third kappa shape index (κ3) is 4.82. The Kier molecular flexibility index (Phi) is 4.56. The van der Waals surface area contributed by atoms with Gasteiger partial charge in [0.25, 0.3) is 0 Å². The molecular formula is C13H13F4N3O. The lowest BCUT2D eigenvalue weighted by molar-refractivity contribution is -0.140. The Morgan fingerprint density at radius 3 is 2.43 bits per heavy atom. The fourth-order valence-corrected chi connectivity index (χ4v) is 1.86. The van der Waals surface area contributed by atoms with Crippen molar-refractivity contribution in [1.29, 1.82) is 0 Å². The van der Waals surface area contributed by atoms with E-state index in [1.54, 1.807) is 6.92 Å². The van der Waals surface area contributed by atoms with Crippen LogP contribution in [0.5, 0.6) is 0 Å². The first-order valence-corrected chi connectivity index (χ1v) is 6.18. The molecular weight excluding hydrogens is 290 g/mol. The highest BCUT2D eigenvalue weighted by Gasteiger charge is 2.32. The Morgan fingerprint density at radius 1 is 1.24 bits per heavy atom. The second kappa shape index (κ2) is 6.21. The van der Waals surface area contributed by atoms with Gasteiger partial charge in [-0.15, -0.1) is 0 Å². The predicted octanol–water partition coefficient (Wildman–Crippen LogP) is 3.30. The number of rotatable bonds is 5. The van der Waals surface area contributed by atoms with Gasteiger partial charge in [0.05, 0.1) is 13.0 Å². The highest BCUT2D eigenvalue weighted by Crippen LogP contribution is 2.29. The molecule has 0 saturated heterocycles. The molecule has 0 amide bonds. The summed E-state index contributed by atoms with van der Waals surface area (Å²) in [5.41, 5.74) is 0.338. The zero-order chi connectivity index (χ0) is 15.5. The van der Waals surface area contributed by atoms with Gasteiger partial charge in [0.2, 0.25) is 5.89 Å². The molecule has 2 rings (SSSR count). The van der Waals surface area contributed by atoms with Crippen molar-refractivity contribution in [3.63, 3.8) is 0 Å². The third-order valence-corrected chi connectivity index (χ3v) is 2.78. The maximum absolute atomic E-state index is 12.9. The molecule has 0 aliphatic heterocycles. The number of aromatic nitrogens is 2. The van der Waals surface area contributed by atoms with Gasteiger partial charge in [0, 0.05) is 6.04 Å². The second-order valence-electron chi connectivity index (χ2n) is 4.54. The Bertz CT molecular complexity index is 580. The van der Waals surface area contributed by atoms with Crippen LogP contribution >= 0.6 is 0 Å². The summed E-state index contributed by atoms with van der Waals surface area (Å²) >= 11 is 0. The van der Waals surface area contributed by atoms with E-state index in [0.29, 0.717) is 11.4 Å². The molecule has 0 unspecified atom stereocenters. The predicted molar refractivity (Wildman–Crippen MR) is 65.7 cm³/mol. The van der Waals surface area contributed by atoms with E-state index >= 15 is 0 Å². The van der Waals surface area contributed by atoms with Crippen LogP contribution < -0.4 is 5.32 Å². The van der Waals surface area contributed by atoms with Crippen molar-refractivity contribution in [1.82, 2.24) is 15.5 Å². The molecule has 1 aromatic carbocycles. The van der Waals surface area contributed by atoms with Crippen molar-refractivity contribution in [3.05, 3.63) is 47.4 Å². The number of halogens is 4. The minimum absolute atomic E-state index is 0.00103. The average Bonchev–Trinajstić information content (AvgIpc) is 2.80. The van der Waals surface area contributed by atoms with Gasteiger partial charge in [0.1, 0.15) is 5.82 Å². The molecule has 2 aromatic rings. The highest BCUT2D eigenvalue weighted by molar-refractivity contribution is 5.20. The van der Waals surface area contributed by atoms with Crippen molar-refractivity contribution >= 4 is 0 Å². The zero-order valence-electron chi connectivity index (χ0n) is 11.1. The summed E-state index contributed by atoms with van der Waals surface area (Å²) in [6.07, 6.45) is -5.43. The van der Waals surface area contributed by atoms with Crippen LogP contribution in [-0.4, -0.2) is 16.3 Å². The van der Waals surface area contributed by atoms with Gasteiger partial charge in [-0.2, -0.15) is 18.2 Å². The molecule has 0 saturated carbocycles. The van der Waals surface area contributed by atoms with Crippen LogP contribution in [0.25, 0.3) is 0 Å². The second-order valence-corrected chi connectivity index (χ2v) is 4.54. The molecule has 0 fully saturated rings. The minimum atomic E-state index is -4.35. The maximum Gasteiger partial charge on any atom is 0.390 e. The number of nitrogens with one attached hydrogen (secondary N) is 1. The molecule has 8 heteroatoms. The third-order valence-electron chi connectivity index (χ3n) is 2.78.